The van der Waals surface area contributed by atoms with Gasteiger partial charge in [-0.2, -0.15) is 0 Å². The van der Waals surface area contributed by atoms with Gasteiger partial charge in [0.2, 0.25) is 0 Å². The van der Waals surface area contributed by atoms with Crippen molar-refractivity contribution >= 4 is 11.9 Å². The summed E-state index contributed by atoms with van der Waals surface area (Å²) in [6.45, 7) is 10.6. The predicted octanol–water partition coefficient (Wildman–Crippen LogP) is 2.53. The van der Waals surface area contributed by atoms with Gasteiger partial charge < -0.3 is 57.2 Å². The zero-order chi connectivity index (χ0) is 32.7. The topological polar surface area (TPSA) is 156 Å². The fourth-order valence-corrected chi connectivity index (χ4v) is 3.47. The lowest BCUT2D eigenvalue weighted by Crippen LogP contribution is -2.16. The maximum Gasteiger partial charge on any atom is 0.329 e. The average Bonchev–Trinajstić information content (AvgIpc) is 3.03. The van der Waals surface area contributed by atoms with Crippen molar-refractivity contribution in [1.29, 1.82) is 0 Å². The van der Waals surface area contributed by atoms with Crippen LogP contribution in [0.25, 0.3) is 0 Å². The number of rotatable bonds is 39. The van der Waals surface area contributed by atoms with Crippen molar-refractivity contribution in [2.45, 2.75) is 51.9 Å². The second-order valence-corrected chi connectivity index (χ2v) is 9.70. The van der Waals surface area contributed by atoms with Crippen molar-refractivity contribution in [3.05, 3.63) is 0 Å². The van der Waals surface area contributed by atoms with Crippen molar-refractivity contribution < 1.29 is 66.8 Å². The van der Waals surface area contributed by atoms with E-state index in [4.69, 9.17) is 57.2 Å². The van der Waals surface area contributed by atoms with E-state index in [0.717, 1.165) is 12.8 Å². The first-order chi connectivity index (χ1) is 22.2. The molecule has 0 aromatic carbocycles. The second-order valence-electron chi connectivity index (χ2n) is 9.70. The summed E-state index contributed by atoms with van der Waals surface area (Å²) >= 11 is 0. The maximum atomic E-state index is 11.6. The summed E-state index contributed by atoms with van der Waals surface area (Å²) in [4.78, 5) is 21.9. The number of carboxylic acid groups (broad SMARTS) is 1. The molecule has 0 rings (SSSR count). The standard InChI is InChI=1S/C31H60O14/c1-2-3-4-5-6-7-8-31(34)45-28-27-43-24-23-41-20-19-39-16-15-37-12-11-35-9-10-36-13-14-38-17-18-40-21-22-42-25-26-44-29-30(32)33/h2-29H2,1H3,(H,32,33). The molecule has 0 unspecified atom stereocenters. The van der Waals surface area contributed by atoms with Crippen LogP contribution in [0.2, 0.25) is 0 Å². The van der Waals surface area contributed by atoms with Gasteiger partial charge in [-0.05, 0) is 6.42 Å². The van der Waals surface area contributed by atoms with Gasteiger partial charge in [-0.15, -0.1) is 0 Å². The molecule has 0 fully saturated rings. The molecule has 45 heavy (non-hydrogen) atoms. The van der Waals surface area contributed by atoms with Gasteiger partial charge in [0.1, 0.15) is 13.2 Å². The Kier molecular flexibility index (Phi) is 37.5. The molecule has 14 nitrogen and oxygen atoms in total. The van der Waals surface area contributed by atoms with Gasteiger partial charge >= 0.3 is 11.9 Å². The van der Waals surface area contributed by atoms with Crippen LogP contribution in [0.15, 0.2) is 0 Å². The van der Waals surface area contributed by atoms with Crippen LogP contribution in [0.5, 0.6) is 0 Å². The molecule has 14 heteroatoms. The minimum absolute atomic E-state index is 0.149. The van der Waals surface area contributed by atoms with E-state index in [0.29, 0.717) is 125 Å². The Labute approximate surface area is 269 Å². The van der Waals surface area contributed by atoms with Gasteiger partial charge in [-0.25, -0.2) is 4.79 Å². The molecule has 0 aromatic rings. The van der Waals surface area contributed by atoms with Gasteiger partial charge in [-0.1, -0.05) is 39.0 Å². The van der Waals surface area contributed by atoms with Crippen molar-refractivity contribution in [1.82, 2.24) is 0 Å². The van der Waals surface area contributed by atoms with Gasteiger partial charge in [0.15, 0.2) is 0 Å². The van der Waals surface area contributed by atoms with Crippen LogP contribution in [-0.4, -0.2) is 156 Å². The summed E-state index contributed by atoms with van der Waals surface area (Å²) in [5, 5.41) is 8.42. The Morgan fingerprint density at radius 3 is 1.02 bits per heavy atom. The van der Waals surface area contributed by atoms with E-state index >= 15 is 0 Å². The van der Waals surface area contributed by atoms with Gasteiger partial charge in [0.25, 0.3) is 0 Å². The first kappa shape index (κ1) is 43.5. The third-order valence-electron chi connectivity index (χ3n) is 5.80. The SMILES string of the molecule is CCCCCCCCC(=O)OCCOCCOCCOCCOCCOCCOCCOCCOCCOCCOCC(=O)O. The zero-order valence-electron chi connectivity index (χ0n) is 27.6. The molecule has 0 aliphatic heterocycles. The summed E-state index contributed by atoms with van der Waals surface area (Å²) in [7, 11) is 0. The Morgan fingerprint density at radius 2 is 0.689 bits per heavy atom. The number of carbonyl (C=O) groups excluding carboxylic acids is 1. The molecule has 0 saturated heterocycles. The lowest BCUT2D eigenvalue weighted by molar-refractivity contribution is -0.145. The fourth-order valence-electron chi connectivity index (χ4n) is 3.47. The highest BCUT2D eigenvalue weighted by Gasteiger charge is 2.03. The van der Waals surface area contributed by atoms with Crippen LogP contribution < -0.4 is 0 Å². The number of unbranched alkanes of at least 4 members (excludes halogenated alkanes) is 5. The molecule has 0 aromatic heterocycles. The number of ether oxygens (including phenoxy) is 11. The highest BCUT2D eigenvalue weighted by Crippen LogP contribution is 2.07. The maximum absolute atomic E-state index is 11.6. The van der Waals surface area contributed by atoms with Gasteiger partial charge in [0, 0.05) is 6.42 Å². The number of esters is 1. The lowest BCUT2D eigenvalue weighted by atomic mass is 10.1. The smallest absolute Gasteiger partial charge is 0.329 e. The average molecular weight is 657 g/mol. The molecule has 0 heterocycles. The Hall–Kier alpha value is -1.46. The number of hydrogen-bond acceptors (Lipinski definition) is 13. The molecular weight excluding hydrogens is 596 g/mol. The highest BCUT2D eigenvalue weighted by molar-refractivity contribution is 5.69. The normalized spacial score (nSPS) is 11.3. The number of hydrogen-bond donors (Lipinski definition) is 1. The van der Waals surface area contributed by atoms with E-state index in [1.165, 1.54) is 25.7 Å². The molecular formula is C31H60O14. The largest absolute Gasteiger partial charge is 0.480 e. The fraction of sp³-hybridized carbons (Fsp3) is 0.935. The summed E-state index contributed by atoms with van der Waals surface area (Å²) in [5.41, 5.74) is 0. The zero-order valence-corrected chi connectivity index (χ0v) is 27.6. The van der Waals surface area contributed by atoms with Crippen LogP contribution in [0.1, 0.15) is 51.9 Å². The van der Waals surface area contributed by atoms with Crippen LogP contribution in [0.3, 0.4) is 0 Å². The van der Waals surface area contributed by atoms with E-state index in [2.05, 4.69) is 6.92 Å². The van der Waals surface area contributed by atoms with Crippen molar-refractivity contribution in [3.63, 3.8) is 0 Å². The van der Waals surface area contributed by atoms with Crippen LogP contribution in [-0.2, 0) is 61.7 Å². The molecule has 0 atom stereocenters. The van der Waals surface area contributed by atoms with E-state index in [-0.39, 0.29) is 25.8 Å². The van der Waals surface area contributed by atoms with Crippen LogP contribution in [0.4, 0.5) is 0 Å². The lowest BCUT2D eigenvalue weighted by Gasteiger charge is -2.09. The molecule has 0 aliphatic carbocycles. The molecule has 1 N–H and O–H groups in total. The van der Waals surface area contributed by atoms with Crippen molar-refractivity contribution in [2.24, 2.45) is 0 Å². The van der Waals surface area contributed by atoms with Crippen molar-refractivity contribution in [3.8, 4) is 0 Å². The quantitative estimate of drug-likeness (QED) is 0.0761. The monoisotopic (exact) mass is 656 g/mol. The van der Waals surface area contributed by atoms with E-state index < -0.39 is 5.97 Å². The third-order valence-corrected chi connectivity index (χ3v) is 5.80. The number of carbonyl (C=O) groups is 2. The van der Waals surface area contributed by atoms with E-state index in [1.807, 2.05) is 0 Å². The summed E-state index contributed by atoms with van der Waals surface area (Å²) < 4.78 is 58.7. The molecule has 0 spiro atoms. The third kappa shape index (κ3) is 40.5. The van der Waals surface area contributed by atoms with E-state index in [9.17, 15) is 9.59 Å². The predicted molar refractivity (Wildman–Crippen MR) is 165 cm³/mol. The van der Waals surface area contributed by atoms with Crippen molar-refractivity contribution in [2.75, 3.05) is 139 Å². The molecule has 0 bridgehead atoms. The Bertz CT molecular complexity index is 611. The number of aliphatic carboxylic acids is 1. The molecule has 0 aliphatic rings. The summed E-state index contributed by atoms with van der Waals surface area (Å²) in [6.07, 6.45) is 7.39. The highest BCUT2D eigenvalue weighted by atomic mass is 16.6. The molecule has 0 saturated carbocycles. The minimum Gasteiger partial charge on any atom is -0.480 e. The molecule has 0 radical (unpaired) electrons. The van der Waals surface area contributed by atoms with Crippen LogP contribution in [0, 0.1) is 0 Å². The molecule has 0 amide bonds. The minimum atomic E-state index is -0.997. The molecule has 268 valence electrons. The van der Waals surface area contributed by atoms with Gasteiger partial charge in [0.05, 0.1) is 126 Å². The van der Waals surface area contributed by atoms with E-state index in [1.54, 1.807) is 0 Å². The number of carboxylic acids is 1. The second kappa shape index (κ2) is 38.7. The first-order valence-electron chi connectivity index (χ1n) is 16.3. The first-order valence-corrected chi connectivity index (χ1v) is 16.3. The Balaban J connectivity index is 3.10. The summed E-state index contributed by atoms with van der Waals surface area (Å²) in [6, 6.07) is 0. The Morgan fingerprint density at radius 1 is 0.400 bits per heavy atom. The van der Waals surface area contributed by atoms with Crippen LogP contribution >= 0.6 is 0 Å². The summed E-state index contributed by atoms with van der Waals surface area (Å²) in [5.74, 6) is -1.15. The van der Waals surface area contributed by atoms with Gasteiger partial charge in [-0.3, -0.25) is 4.79 Å².